The van der Waals surface area contributed by atoms with E-state index in [0.717, 1.165) is 12.8 Å². The Balaban J connectivity index is 1.63. The molecule has 0 spiro atoms. The average molecular weight is 334 g/mol. The summed E-state index contributed by atoms with van der Waals surface area (Å²) in [6.45, 7) is 0. The summed E-state index contributed by atoms with van der Waals surface area (Å²) in [5.74, 6) is 0.220. The fourth-order valence-electron chi connectivity index (χ4n) is 2.41. The highest BCUT2D eigenvalue weighted by atomic mass is 35.5. The number of anilines is 2. The molecule has 0 atom stereocenters. The van der Waals surface area contributed by atoms with Crippen LogP contribution in [-0.4, -0.2) is 31.9 Å². The molecule has 120 valence electrons. The third-order valence-corrected chi connectivity index (χ3v) is 3.68. The molecule has 0 aliphatic heterocycles. The van der Waals surface area contributed by atoms with Crippen LogP contribution >= 0.6 is 11.6 Å². The maximum Gasteiger partial charge on any atom is 0.271 e. The molecule has 2 aromatic rings. The maximum atomic E-state index is 11.9. The molecule has 3 rings (SSSR count). The normalized spacial score (nSPS) is 14.5. The Hall–Kier alpha value is -2.48. The molecule has 0 bridgehead atoms. The molecule has 9 heteroatoms. The van der Waals surface area contributed by atoms with Gasteiger partial charge >= 0.3 is 0 Å². The first-order valence-corrected chi connectivity index (χ1v) is 7.73. The standard InChI is InChI=1S/C14H16ClN7O/c15-12-18-13(17-10-5-1-2-6-10)20-14(19-12)22-21-11(23)9-4-3-7-16-8-9/h3-4,7-8,10H,1-2,5-6H2,(H,21,23)(H2,17,18,19,20,22). The summed E-state index contributed by atoms with van der Waals surface area (Å²) in [6.07, 6.45) is 7.63. The highest BCUT2D eigenvalue weighted by molar-refractivity contribution is 6.28. The molecule has 0 aromatic carbocycles. The van der Waals surface area contributed by atoms with Gasteiger partial charge in [-0.05, 0) is 36.6 Å². The molecule has 1 fully saturated rings. The van der Waals surface area contributed by atoms with Crippen LogP contribution in [0.3, 0.4) is 0 Å². The summed E-state index contributed by atoms with van der Waals surface area (Å²) in [6, 6.07) is 3.68. The van der Waals surface area contributed by atoms with Crippen molar-refractivity contribution in [3.05, 3.63) is 35.4 Å². The van der Waals surface area contributed by atoms with Gasteiger partial charge in [0.05, 0.1) is 5.56 Å². The smallest absolute Gasteiger partial charge is 0.271 e. The van der Waals surface area contributed by atoms with Crippen molar-refractivity contribution in [2.45, 2.75) is 31.7 Å². The first-order chi connectivity index (χ1) is 11.2. The van der Waals surface area contributed by atoms with Gasteiger partial charge in [-0.3, -0.25) is 20.6 Å². The third kappa shape index (κ3) is 4.26. The van der Waals surface area contributed by atoms with Crippen LogP contribution in [-0.2, 0) is 0 Å². The predicted molar refractivity (Wildman–Crippen MR) is 86.0 cm³/mol. The second kappa shape index (κ2) is 7.19. The summed E-state index contributed by atoms with van der Waals surface area (Å²) < 4.78 is 0. The van der Waals surface area contributed by atoms with E-state index in [2.05, 4.69) is 36.1 Å². The second-order valence-corrected chi connectivity index (χ2v) is 5.54. The topological polar surface area (TPSA) is 105 Å². The summed E-state index contributed by atoms with van der Waals surface area (Å²) in [7, 11) is 0. The lowest BCUT2D eigenvalue weighted by Crippen LogP contribution is -2.30. The van der Waals surface area contributed by atoms with Crippen LogP contribution < -0.4 is 16.2 Å². The SMILES string of the molecule is O=C(NNc1nc(Cl)nc(NC2CCCC2)n1)c1cccnc1. The van der Waals surface area contributed by atoms with Crippen LogP contribution in [0.4, 0.5) is 11.9 Å². The molecule has 2 aromatic heterocycles. The Bertz CT molecular complexity index is 676. The average Bonchev–Trinajstić information content (AvgIpc) is 3.06. The van der Waals surface area contributed by atoms with Crippen LogP contribution in [0.5, 0.6) is 0 Å². The number of rotatable bonds is 5. The van der Waals surface area contributed by atoms with Gasteiger partial charge in [0, 0.05) is 18.4 Å². The van der Waals surface area contributed by atoms with E-state index in [0.29, 0.717) is 17.6 Å². The maximum absolute atomic E-state index is 11.9. The van der Waals surface area contributed by atoms with Crippen molar-refractivity contribution in [1.29, 1.82) is 0 Å². The zero-order chi connectivity index (χ0) is 16.1. The van der Waals surface area contributed by atoms with Crippen molar-refractivity contribution in [3.63, 3.8) is 0 Å². The van der Waals surface area contributed by atoms with Gasteiger partial charge in [0.1, 0.15) is 0 Å². The van der Waals surface area contributed by atoms with Crippen LogP contribution in [0.15, 0.2) is 24.5 Å². The van der Waals surface area contributed by atoms with Crippen molar-refractivity contribution in [1.82, 2.24) is 25.4 Å². The Kier molecular flexibility index (Phi) is 4.82. The first kappa shape index (κ1) is 15.4. The molecule has 1 amide bonds. The van der Waals surface area contributed by atoms with Gasteiger partial charge in [0.2, 0.25) is 17.2 Å². The van der Waals surface area contributed by atoms with Gasteiger partial charge in [0.15, 0.2) is 0 Å². The number of hydrogen-bond acceptors (Lipinski definition) is 7. The van der Waals surface area contributed by atoms with Crippen molar-refractivity contribution >= 4 is 29.4 Å². The van der Waals surface area contributed by atoms with E-state index in [-0.39, 0.29) is 17.1 Å². The van der Waals surface area contributed by atoms with Gasteiger partial charge < -0.3 is 5.32 Å². The predicted octanol–water partition coefficient (Wildman–Crippen LogP) is 2.03. The van der Waals surface area contributed by atoms with Gasteiger partial charge in [-0.25, -0.2) is 0 Å². The minimum Gasteiger partial charge on any atom is -0.351 e. The van der Waals surface area contributed by atoms with E-state index in [9.17, 15) is 4.79 Å². The van der Waals surface area contributed by atoms with Gasteiger partial charge in [-0.1, -0.05) is 12.8 Å². The van der Waals surface area contributed by atoms with Crippen LogP contribution in [0.1, 0.15) is 36.0 Å². The van der Waals surface area contributed by atoms with Crippen molar-refractivity contribution in [3.8, 4) is 0 Å². The van der Waals surface area contributed by atoms with E-state index in [1.165, 1.54) is 19.0 Å². The largest absolute Gasteiger partial charge is 0.351 e. The van der Waals surface area contributed by atoms with Crippen molar-refractivity contribution in [2.75, 3.05) is 10.7 Å². The second-order valence-electron chi connectivity index (χ2n) is 5.20. The number of aromatic nitrogens is 4. The number of amides is 1. The highest BCUT2D eigenvalue weighted by Crippen LogP contribution is 2.21. The molecular formula is C14H16ClN7O. The van der Waals surface area contributed by atoms with E-state index >= 15 is 0 Å². The Morgan fingerprint density at radius 1 is 1.17 bits per heavy atom. The number of nitrogens with zero attached hydrogens (tertiary/aromatic N) is 4. The molecule has 0 radical (unpaired) electrons. The molecule has 8 nitrogen and oxygen atoms in total. The Morgan fingerprint density at radius 2 is 1.96 bits per heavy atom. The minimum atomic E-state index is -0.347. The number of hydrazine groups is 1. The molecule has 1 aliphatic rings. The molecule has 0 unspecified atom stereocenters. The molecular weight excluding hydrogens is 318 g/mol. The lowest BCUT2D eigenvalue weighted by Gasteiger charge is -2.13. The fraction of sp³-hybridized carbons (Fsp3) is 0.357. The van der Waals surface area contributed by atoms with Crippen LogP contribution in [0.2, 0.25) is 5.28 Å². The number of carbonyl (C=O) groups excluding carboxylic acids is 1. The number of pyridine rings is 1. The Morgan fingerprint density at radius 3 is 2.70 bits per heavy atom. The number of halogens is 1. The van der Waals surface area contributed by atoms with E-state index in [1.54, 1.807) is 18.3 Å². The monoisotopic (exact) mass is 333 g/mol. The van der Waals surface area contributed by atoms with E-state index in [4.69, 9.17) is 11.6 Å². The van der Waals surface area contributed by atoms with Crippen LogP contribution in [0.25, 0.3) is 0 Å². The van der Waals surface area contributed by atoms with Gasteiger partial charge in [-0.2, -0.15) is 15.0 Å². The quantitative estimate of drug-likeness (QED) is 0.719. The number of carbonyl (C=O) groups is 1. The third-order valence-electron chi connectivity index (χ3n) is 3.51. The number of nitrogens with one attached hydrogen (secondary N) is 3. The van der Waals surface area contributed by atoms with Crippen LogP contribution in [0, 0.1) is 0 Å². The lowest BCUT2D eigenvalue weighted by atomic mass is 10.3. The van der Waals surface area contributed by atoms with Gasteiger partial charge in [0.25, 0.3) is 5.91 Å². The molecule has 3 N–H and O–H groups in total. The zero-order valence-electron chi connectivity index (χ0n) is 12.3. The van der Waals surface area contributed by atoms with E-state index in [1.807, 2.05) is 0 Å². The molecule has 2 heterocycles. The summed E-state index contributed by atoms with van der Waals surface area (Å²) >= 11 is 5.90. The summed E-state index contributed by atoms with van der Waals surface area (Å²) in [5, 5.41) is 3.29. The van der Waals surface area contributed by atoms with E-state index < -0.39 is 0 Å². The zero-order valence-corrected chi connectivity index (χ0v) is 13.0. The summed E-state index contributed by atoms with van der Waals surface area (Å²) in [4.78, 5) is 28.0. The van der Waals surface area contributed by atoms with Crippen molar-refractivity contribution in [2.24, 2.45) is 0 Å². The minimum absolute atomic E-state index is 0.0543. The highest BCUT2D eigenvalue weighted by Gasteiger charge is 2.16. The van der Waals surface area contributed by atoms with Crippen molar-refractivity contribution < 1.29 is 4.79 Å². The molecule has 23 heavy (non-hydrogen) atoms. The molecule has 0 saturated heterocycles. The lowest BCUT2D eigenvalue weighted by molar-refractivity contribution is 0.0962. The molecule has 1 aliphatic carbocycles. The van der Waals surface area contributed by atoms with Gasteiger partial charge in [-0.15, -0.1) is 0 Å². The fourth-order valence-corrected chi connectivity index (χ4v) is 2.57. The Labute approximate surface area is 138 Å². The molecule has 1 saturated carbocycles. The first-order valence-electron chi connectivity index (χ1n) is 7.35. The number of hydrogen-bond donors (Lipinski definition) is 3. The summed E-state index contributed by atoms with van der Waals surface area (Å²) in [5.41, 5.74) is 5.55.